The number of carbonyl (C=O) groups excluding carboxylic acids is 1. The van der Waals surface area contributed by atoms with Crippen LogP contribution >= 0.6 is 23.2 Å². The number of carbonyl (C=O) groups is 1. The standard InChI is InChI=1S/C13H17Cl2NO4S/c1-4-21(18,19)16(8-12(17)20-9(2)3)11-7-5-6-10(14)13(11)15/h5-7,9H,4,8H2,1-3H3. The molecule has 0 unspecified atom stereocenters. The Kier molecular flexibility index (Phi) is 6.31. The Hall–Kier alpha value is -0.980. The van der Waals surface area contributed by atoms with E-state index in [2.05, 4.69) is 0 Å². The van der Waals surface area contributed by atoms with E-state index in [-0.39, 0.29) is 27.6 Å². The van der Waals surface area contributed by atoms with Crippen molar-refractivity contribution >= 4 is 44.9 Å². The zero-order valence-corrected chi connectivity index (χ0v) is 14.3. The van der Waals surface area contributed by atoms with E-state index in [1.807, 2.05) is 0 Å². The number of hydrogen-bond acceptors (Lipinski definition) is 4. The lowest BCUT2D eigenvalue weighted by molar-refractivity contribution is -0.145. The number of sulfonamides is 1. The number of hydrogen-bond donors (Lipinski definition) is 0. The molecule has 0 aliphatic carbocycles. The Morgan fingerprint density at radius 2 is 1.95 bits per heavy atom. The van der Waals surface area contributed by atoms with Gasteiger partial charge in [-0.05, 0) is 32.9 Å². The molecule has 118 valence electrons. The fourth-order valence-electron chi connectivity index (χ4n) is 1.59. The first kappa shape index (κ1) is 18.1. The molecule has 0 spiro atoms. The highest BCUT2D eigenvalue weighted by molar-refractivity contribution is 7.92. The number of rotatable bonds is 6. The molecule has 0 heterocycles. The summed E-state index contributed by atoms with van der Waals surface area (Å²) in [6, 6.07) is 4.59. The Morgan fingerprint density at radius 3 is 2.48 bits per heavy atom. The van der Waals surface area contributed by atoms with Crippen molar-refractivity contribution < 1.29 is 17.9 Å². The molecule has 0 saturated heterocycles. The van der Waals surface area contributed by atoms with E-state index in [9.17, 15) is 13.2 Å². The monoisotopic (exact) mass is 353 g/mol. The average Bonchev–Trinajstić information content (AvgIpc) is 2.38. The minimum absolute atomic E-state index is 0.0774. The lowest BCUT2D eigenvalue weighted by Gasteiger charge is -2.24. The maximum absolute atomic E-state index is 12.2. The van der Waals surface area contributed by atoms with Crippen LogP contribution in [0.4, 0.5) is 5.69 Å². The third-order valence-corrected chi connectivity index (χ3v) is 5.08. The highest BCUT2D eigenvalue weighted by Crippen LogP contribution is 2.33. The van der Waals surface area contributed by atoms with Gasteiger partial charge in [-0.1, -0.05) is 29.3 Å². The summed E-state index contributed by atoms with van der Waals surface area (Å²) in [7, 11) is -3.69. The van der Waals surface area contributed by atoms with Crippen LogP contribution in [0, 0.1) is 0 Å². The summed E-state index contributed by atoms with van der Waals surface area (Å²) in [6.45, 7) is 4.40. The molecule has 1 aromatic rings. The second-order valence-corrected chi connectivity index (χ2v) is 7.49. The quantitative estimate of drug-likeness (QED) is 0.737. The maximum atomic E-state index is 12.2. The summed E-state index contributed by atoms with van der Waals surface area (Å²) in [5, 5.41) is 0.288. The fourth-order valence-corrected chi connectivity index (χ4v) is 3.10. The fraction of sp³-hybridized carbons (Fsp3) is 0.462. The predicted molar refractivity (Wildman–Crippen MR) is 84.5 cm³/mol. The molecule has 0 fully saturated rings. The zero-order chi connectivity index (χ0) is 16.2. The highest BCUT2D eigenvalue weighted by Gasteiger charge is 2.27. The van der Waals surface area contributed by atoms with Crippen molar-refractivity contribution in [3.8, 4) is 0 Å². The van der Waals surface area contributed by atoms with E-state index >= 15 is 0 Å². The maximum Gasteiger partial charge on any atom is 0.327 e. The van der Waals surface area contributed by atoms with Gasteiger partial charge in [-0.3, -0.25) is 9.10 Å². The molecule has 1 rings (SSSR count). The molecule has 1 aromatic carbocycles. The van der Waals surface area contributed by atoms with E-state index in [1.54, 1.807) is 19.9 Å². The second-order valence-electron chi connectivity index (χ2n) is 4.52. The second kappa shape index (κ2) is 7.33. The lowest BCUT2D eigenvalue weighted by Crippen LogP contribution is -2.38. The number of ether oxygens (including phenoxy) is 1. The van der Waals surface area contributed by atoms with Crippen molar-refractivity contribution in [2.75, 3.05) is 16.6 Å². The number of esters is 1. The molecule has 5 nitrogen and oxygen atoms in total. The van der Waals surface area contributed by atoms with Crippen molar-refractivity contribution in [1.29, 1.82) is 0 Å². The van der Waals surface area contributed by atoms with Crippen LogP contribution < -0.4 is 4.31 Å². The number of nitrogens with zero attached hydrogens (tertiary/aromatic N) is 1. The minimum atomic E-state index is -3.69. The van der Waals surface area contributed by atoms with Crippen LogP contribution in [-0.2, 0) is 19.6 Å². The molecule has 0 aliphatic rings. The van der Waals surface area contributed by atoms with Crippen molar-refractivity contribution in [1.82, 2.24) is 0 Å². The zero-order valence-electron chi connectivity index (χ0n) is 12.0. The first-order valence-electron chi connectivity index (χ1n) is 6.33. The molecule has 0 aromatic heterocycles. The molecule has 0 saturated carbocycles. The SMILES string of the molecule is CCS(=O)(=O)N(CC(=O)OC(C)C)c1cccc(Cl)c1Cl. The number of benzene rings is 1. The largest absolute Gasteiger partial charge is 0.462 e. The number of anilines is 1. The van der Waals surface area contributed by atoms with Crippen LogP contribution in [0.15, 0.2) is 18.2 Å². The lowest BCUT2D eigenvalue weighted by atomic mass is 10.3. The number of halogens is 2. The highest BCUT2D eigenvalue weighted by atomic mass is 35.5. The first-order chi connectivity index (χ1) is 9.69. The van der Waals surface area contributed by atoms with Gasteiger partial charge in [0.2, 0.25) is 10.0 Å². The van der Waals surface area contributed by atoms with E-state index in [0.29, 0.717) is 0 Å². The molecule has 0 aliphatic heterocycles. The molecule has 21 heavy (non-hydrogen) atoms. The third-order valence-electron chi connectivity index (χ3n) is 2.54. The van der Waals surface area contributed by atoms with Crippen molar-refractivity contribution in [3.05, 3.63) is 28.2 Å². The first-order valence-corrected chi connectivity index (χ1v) is 8.69. The van der Waals surface area contributed by atoms with Gasteiger partial charge < -0.3 is 4.74 Å². The predicted octanol–water partition coefficient (Wildman–Crippen LogP) is 3.10. The van der Waals surface area contributed by atoms with Crippen LogP contribution in [0.3, 0.4) is 0 Å². The van der Waals surface area contributed by atoms with Gasteiger partial charge in [0.25, 0.3) is 0 Å². The topological polar surface area (TPSA) is 63.7 Å². The third kappa shape index (κ3) is 4.76. The molecule has 8 heteroatoms. The molecular formula is C13H17Cl2NO4S. The van der Waals surface area contributed by atoms with E-state index in [4.69, 9.17) is 27.9 Å². The smallest absolute Gasteiger partial charge is 0.327 e. The summed E-state index contributed by atoms with van der Waals surface area (Å²) in [6.07, 6.45) is -0.335. The van der Waals surface area contributed by atoms with Gasteiger partial charge in [0.15, 0.2) is 0 Å². The summed E-state index contributed by atoms with van der Waals surface area (Å²) < 4.78 is 30.3. The van der Waals surface area contributed by atoms with Gasteiger partial charge in [-0.25, -0.2) is 8.42 Å². The van der Waals surface area contributed by atoms with Gasteiger partial charge >= 0.3 is 5.97 Å². The van der Waals surface area contributed by atoms with E-state index < -0.39 is 22.5 Å². The van der Waals surface area contributed by atoms with Gasteiger partial charge in [0.1, 0.15) is 6.54 Å². The summed E-state index contributed by atoms with van der Waals surface area (Å²) >= 11 is 12.0. The average molecular weight is 354 g/mol. The van der Waals surface area contributed by atoms with E-state index in [1.165, 1.54) is 19.1 Å². The molecule has 0 atom stereocenters. The summed E-state index contributed by atoms with van der Waals surface area (Å²) in [5.41, 5.74) is 0.159. The molecular weight excluding hydrogens is 337 g/mol. The summed E-state index contributed by atoms with van der Waals surface area (Å²) in [4.78, 5) is 11.8. The van der Waals surface area contributed by atoms with Crippen LogP contribution in [0.25, 0.3) is 0 Å². The van der Waals surface area contributed by atoms with Gasteiger partial charge in [-0.15, -0.1) is 0 Å². The van der Waals surface area contributed by atoms with Gasteiger partial charge in [0, 0.05) is 0 Å². The van der Waals surface area contributed by atoms with E-state index in [0.717, 1.165) is 4.31 Å². The van der Waals surface area contributed by atoms with Crippen LogP contribution in [0.5, 0.6) is 0 Å². The Bertz CT molecular complexity index is 617. The van der Waals surface area contributed by atoms with Crippen LogP contribution in [-0.4, -0.2) is 32.8 Å². The Labute approximate surface area is 134 Å². The minimum Gasteiger partial charge on any atom is -0.462 e. The van der Waals surface area contributed by atoms with Crippen molar-refractivity contribution in [2.45, 2.75) is 26.9 Å². The molecule has 0 N–H and O–H groups in total. The molecule has 0 radical (unpaired) electrons. The van der Waals surface area contributed by atoms with Crippen molar-refractivity contribution in [2.24, 2.45) is 0 Å². The molecule has 0 bridgehead atoms. The van der Waals surface area contributed by atoms with Gasteiger partial charge in [-0.2, -0.15) is 0 Å². The Morgan fingerprint density at radius 1 is 1.33 bits per heavy atom. The normalized spacial score (nSPS) is 11.5. The summed E-state index contributed by atoms with van der Waals surface area (Å²) in [5.74, 6) is -0.830. The Balaban J connectivity index is 3.21. The van der Waals surface area contributed by atoms with Crippen molar-refractivity contribution in [3.63, 3.8) is 0 Å². The van der Waals surface area contributed by atoms with Crippen LogP contribution in [0.2, 0.25) is 10.0 Å². The van der Waals surface area contributed by atoms with Gasteiger partial charge in [0.05, 0.1) is 27.6 Å². The molecule has 0 amide bonds. The van der Waals surface area contributed by atoms with Crippen LogP contribution in [0.1, 0.15) is 20.8 Å².